The minimum Gasteiger partial charge on any atom is -0.493 e. The second-order valence-electron chi connectivity index (χ2n) is 7.99. The van der Waals surface area contributed by atoms with E-state index in [-0.39, 0.29) is 12.5 Å². The van der Waals surface area contributed by atoms with Crippen molar-refractivity contribution in [2.45, 2.75) is 13.8 Å². The van der Waals surface area contributed by atoms with Crippen LogP contribution in [0.25, 0.3) is 10.2 Å². The predicted molar refractivity (Wildman–Crippen MR) is 135 cm³/mol. The lowest BCUT2D eigenvalue weighted by Gasteiger charge is -2.26. The molecule has 4 rings (SSSR count). The average molecular weight is 497 g/mol. The number of aromatic nitrogens is 1. The van der Waals surface area contributed by atoms with E-state index in [4.69, 9.17) is 9.47 Å². The van der Waals surface area contributed by atoms with Crippen LogP contribution in [0, 0.1) is 0 Å². The number of nitrogens with zero attached hydrogens (tertiary/aromatic N) is 4. The summed E-state index contributed by atoms with van der Waals surface area (Å²) >= 11 is 1.35. The Balaban J connectivity index is 1.65. The van der Waals surface area contributed by atoms with Gasteiger partial charge in [-0.15, -0.1) is 0 Å². The summed E-state index contributed by atoms with van der Waals surface area (Å²) in [5, 5.41) is 0.490. The van der Waals surface area contributed by atoms with Crippen molar-refractivity contribution in [3.63, 3.8) is 0 Å². The van der Waals surface area contributed by atoms with E-state index in [1.807, 2.05) is 6.07 Å². The lowest BCUT2D eigenvalue weighted by Crippen LogP contribution is -2.45. The van der Waals surface area contributed by atoms with Gasteiger partial charge in [-0.05, 0) is 25.2 Å². The molecule has 0 radical (unpaired) electrons. The summed E-state index contributed by atoms with van der Waals surface area (Å²) in [7, 11) is 3.12. The first-order chi connectivity index (χ1) is 16.9. The zero-order valence-electron chi connectivity index (χ0n) is 20.2. The molecule has 9 nitrogen and oxygen atoms in total. The van der Waals surface area contributed by atoms with Crippen molar-refractivity contribution in [2.75, 3.05) is 51.8 Å². The van der Waals surface area contributed by atoms with Gasteiger partial charge in [-0.3, -0.25) is 24.2 Å². The molecule has 0 N–H and O–H groups in total. The van der Waals surface area contributed by atoms with Gasteiger partial charge in [-0.25, -0.2) is 4.98 Å². The Kier molecular flexibility index (Phi) is 7.32. The fraction of sp³-hybridized carbons (Fsp3) is 0.360. The number of carbonyl (C=O) groups excluding carboxylic acids is 3. The summed E-state index contributed by atoms with van der Waals surface area (Å²) in [6, 6.07) is 10.2. The molecule has 0 fully saturated rings. The van der Waals surface area contributed by atoms with E-state index in [0.29, 0.717) is 46.4 Å². The van der Waals surface area contributed by atoms with E-state index < -0.39 is 11.8 Å². The minimum absolute atomic E-state index is 0.319. The second kappa shape index (κ2) is 10.4. The van der Waals surface area contributed by atoms with Crippen molar-refractivity contribution in [1.82, 2.24) is 14.8 Å². The molecule has 10 heteroatoms. The fourth-order valence-electron chi connectivity index (χ4n) is 4.07. The van der Waals surface area contributed by atoms with Crippen LogP contribution in [0.15, 0.2) is 36.4 Å². The molecule has 0 unspecified atom stereocenters. The molecule has 0 spiro atoms. The molecule has 0 atom stereocenters. The van der Waals surface area contributed by atoms with Crippen molar-refractivity contribution >= 4 is 44.4 Å². The van der Waals surface area contributed by atoms with Gasteiger partial charge in [0.05, 0.1) is 35.6 Å². The number of hydrogen-bond donors (Lipinski definition) is 0. The number of methoxy groups -OCH3 is 2. The molecule has 1 aliphatic heterocycles. The van der Waals surface area contributed by atoms with Crippen molar-refractivity contribution in [3.05, 3.63) is 47.5 Å². The van der Waals surface area contributed by atoms with Crippen LogP contribution in [0.4, 0.5) is 5.13 Å². The van der Waals surface area contributed by atoms with Gasteiger partial charge in [-0.1, -0.05) is 37.3 Å². The molecule has 0 saturated heterocycles. The highest BCUT2D eigenvalue weighted by atomic mass is 32.1. The van der Waals surface area contributed by atoms with E-state index in [2.05, 4.69) is 23.7 Å². The molecule has 2 aromatic carbocycles. The molecule has 0 saturated carbocycles. The van der Waals surface area contributed by atoms with E-state index in [9.17, 15) is 14.4 Å². The van der Waals surface area contributed by atoms with Gasteiger partial charge >= 0.3 is 0 Å². The van der Waals surface area contributed by atoms with Gasteiger partial charge in [0.25, 0.3) is 11.8 Å². The molecule has 35 heavy (non-hydrogen) atoms. The number of fused-ring (bicyclic) bond motifs is 2. The molecular weight excluding hydrogens is 468 g/mol. The monoisotopic (exact) mass is 496 g/mol. The van der Waals surface area contributed by atoms with E-state index >= 15 is 0 Å². The Labute approximate surface area is 207 Å². The van der Waals surface area contributed by atoms with E-state index in [0.717, 1.165) is 22.7 Å². The Morgan fingerprint density at radius 1 is 0.971 bits per heavy atom. The number of anilines is 1. The summed E-state index contributed by atoms with van der Waals surface area (Å²) in [5.74, 6) is -0.168. The molecule has 0 bridgehead atoms. The number of benzene rings is 2. The quantitative estimate of drug-likeness (QED) is 0.398. The Bertz CT molecular complexity index is 1190. The lowest BCUT2D eigenvalue weighted by molar-refractivity contribution is -0.119. The maximum absolute atomic E-state index is 13.5. The number of likely N-dealkylation sites (N-methyl/N-ethyl adjacent to an activating group) is 1. The third-order valence-corrected chi connectivity index (χ3v) is 7.16. The zero-order valence-corrected chi connectivity index (χ0v) is 21.1. The molecule has 0 aliphatic carbocycles. The number of thiazole rings is 1. The summed E-state index contributed by atoms with van der Waals surface area (Å²) in [4.78, 5) is 48.6. The van der Waals surface area contributed by atoms with Gasteiger partial charge in [0.1, 0.15) is 6.54 Å². The van der Waals surface area contributed by atoms with Crippen molar-refractivity contribution < 1.29 is 23.9 Å². The topological polar surface area (TPSA) is 92.3 Å². The Morgan fingerprint density at radius 2 is 1.57 bits per heavy atom. The number of carbonyl (C=O) groups is 3. The predicted octanol–water partition coefficient (Wildman–Crippen LogP) is 3.28. The summed E-state index contributed by atoms with van der Waals surface area (Å²) in [6.45, 7) is 6.44. The maximum Gasteiger partial charge on any atom is 0.262 e. The standard InChI is InChI=1S/C25H28N4O5S/c1-5-27(6-2)11-12-28(25-26-18-13-19(33-3)20(34-4)14-21(18)35-25)22(30)15-29-23(31)16-9-7-8-10-17(16)24(29)32/h7-10,13-14H,5-6,11-12,15H2,1-4H3. The van der Waals surface area contributed by atoms with Crippen molar-refractivity contribution in [1.29, 1.82) is 0 Å². The third-order valence-electron chi connectivity index (χ3n) is 6.12. The molecule has 3 aromatic rings. The molecular formula is C25H28N4O5S. The Hall–Kier alpha value is -3.50. The first kappa shape index (κ1) is 24.6. The van der Waals surface area contributed by atoms with Gasteiger partial charge in [0, 0.05) is 25.2 Å². The summed E-state index contributed by atoms with van der Waals surface area (Å²) < 4.78 is 11.6. The van der Waals surface area contributed by atoms with Gasteiger partial charge < -0.3 is 14.4 Å². The fourth-order valence-corrected chi connectivity index (χ4v) is 5.09. The van der Waals surface area contributed by atoms with Crippen LogP contribution in [0.3, 0.4) is 0 Å². The summed E-state index contributed by atoms with van der Waals surface area (Å²) in [6.07, 6.45) is 0. The first-order valence-corrected chi connectivity index (χ1v) is 12.2. The Morgan fingerprint density at radius 3 is 2.14 bits per heavy atom. The van der Waals surface area contributed by atoms with Crippen LogP contribution in [-0.2, 0) is 4.79 Å². The number of hydrogen-bond acceptors (Lipinski definition) is 8. The highest BCUT2D eigenvalue weighted by molar-refractivity contribution is 7.22. The van der Waals surface area contributed by atoms with Crippen LogP contribution in [0.1, 0.15) is 34.6 Å². The van der Waals surface area contributed by atoms with E-state index in [1.165, 1.54) is 11.3 Å². The highest BCUT2D eigenvalue weighted by Crippen LogP contribution is 2.37. The number of amides is 3. The van der Waals surface area contributed by atoms with Crippen LogP contribution < -0.4 is 14.4 Å². The maximum atomic E-state index is 13.5. The van der Waals surface area contributed by atoms with Crippen LogP contribution in [0.2, 0.25) is 0 Å². The average Bonchev–Trinajstić information content (AvgIpc) is 3.39. The summed E-state index contributed by atoms with van der Waals surface area (Å²) in [5.41, 5.74) is 1.31. The first-order valence-electron chi connectivity index (χ1n) is 11.4. The zero-order chi connectivity index (χ0) is 25.1. The van der Waals surface area contributed by atoms with E-state index in [1.54, 1.807) is 49.5 Å². The molecule has 184 valence electrons. The van der Waals surface area contributed by atoms with Crippen molar-refractivity contribution in [3.8, 4) is 11.5 Å². The molecule has 1 aliphatic rings. The highest BCUT2D eigenvalue weighted by Gasteiger charge is 2.37. The molecule has 3 amide bonds. The normalized spacial score (nSPS) is 13.0. The third kappa shape index (κ3) is 4.71. The van der Waals surface area contributed by atoms with Crippen LogP contribution in [-0.4, -0.2) is 79.4 Å². The molecule has 2 heterocycles. The van der Waals surface area contributed by atoms with Gasteiger partial charge in [-0.2, -0.15) is 0 Å². The second-order valence-corrected chi connectivity index (χ2v) is 8.99. The van der Waals surface area contributed by atoms with Crippen LogP contribution in [0.5, 0.6) is 11.5 Å². The lowest BCUT2D eigenvalue weighted by atomic mass is 10.1. The largest absolute Gasteiger partial charge is 0.493 e. The van der Waals surface area contributed by atoms with Gasteiger partial charge in [0.15, 0.2) is 16.6 Å². The smallest absolute Gasteiger partial charge is 0.262 e. The minimum atomic E-state index is -0.457. The SMILES string of the molecule is CCN(CC)CCN(C(=O)CN1C(=O)c2ccccc2C1=O)c1nc2cc(OC)c(OC)cc2s1. The van der Waals surface area contributed by atoms with Gasteiger partial charge in [0.2, 0.25) is 5.91 Å². The number of imide groups is 1. The van der Waals surface area contributed by atoms with Crippen molar-refractivity contribution in [2.24, 2.45) is 0 Å². The van der Waals surface area contributed by atoms with Crippen LogP contribution >= 0.6 is 11.3 Å². The number of ether oxygens (including phenoxy) is 2. The molecule has 1 aromatic heterocycles. The number of rotatable bonds is 10.